The number of nitrogens with one attached hydrogen (secondary N) is 1. The van der Waals surface area contributed by atoms with E-state index in [9.17, 15) is 9.59 Å². The van der Waals surface area contributed by atoms with Crippen molar-refractivity contribution in [2.75, 3.05) is 32.7 Å². The Balaban J connectivity index is 1.89. The Morgan fingerprint density at radius 3 is 2.89 bits per heavy atom. The lowest BCUT2D eigenvalue weighted by Gasteiger charge is -2.31. The van der Waals surface area contributed by atoms with Crippen molar-refractivity contribution in [2.24, 2.45) is 0 Å². The van der Waals surface area contributed by atoms with Gasteiger partial charge in [-0.25, -0.2) is 0 Å². The van der Waals surface area contributed by atoms with Gasteiger partial charge < -0.3 is 19.7 Å². The third kappa shape index (κ3) is 4.43. The van der Waals surface area contributed by atoms with Crippen molar-refractivity contribution in [3.8, 4) is 5.75 Å². The van der Waals surface area contributed by atoms with E-state index in [0.717, 1.165) is 11.1 Å². The first-order chi connectivity index (χ1) is 13.1. The predicted molar refractivity (Wildman–Crippen MR) is 101 cm³/mol. The summed E-state index contributed by atoms with van der Waals surface area (Å²) >= 11 is 0. The van der Waals surface area contributed by atoms with Gasteiger partial charge in [0.25, 0.3) is 0 Å². The lowest BCUT2D eigenvalue weighted by Crippen LogP contribution is -2.40. The quantitative estimate of drug-likeness (QED) is 0.809. The molecule has 1 aliphatic rings. The standard InChI is InChI=1S/C20H23N3O4/c1-26-9-8-23(13-14-4-3-7-21-12-14)20(25)17-11-19(24)22-18-6-5-15(27-2)10-16(17)18/h3-7,10,12,17H,8-9,11,13H2,1-2H3,(H,22,24)/t17-/m1/s1. The summed E-state index contributed by atoms with van der Waals surface area (Å²) in [5.74, 6) is -0.185. The van der Waals surface area contributed by atoms with E-state index in [1.54, 1.807) is 43.6 Å². The molecular formula is C20H23N3O4. The monoisotopic (exact) mass is 369 g/mol. The number of nitrogens with zero attached hydrogens (tertiary/aromatic N) is 2. The van der Waals surface area contributed by atoms with Crippen LogP contribution in [0.25, 0.3) is 0 Å². The van der Waals surface area contributed by atoms with Crippen LogP contribution in [0.3, 0.4) is 0 Å². The molecule has 0 radical (unpaired) electrons. The molecule has 0 unspecified atom stereocenters. The summed E-state index contributed by atoms with van der Waals surface area (Å²) in [7, 11) is 3.17. The Hall–Kier alpha value is -2.93. The van der Waals surface area contributed by atoms with E-state index in [0.29, 0.717) is 31.1 Å². The molecule has 1 aliphatic heterocycles. The molecule has 7 heteroatoms. The summed E-state index contributed by atoms with van der Waals surface area (Å²) in [6, 6.07) is 9.11. The van der Waals surface area contributed by atoms with Gasteiger partial charge in [0.1, 0.15) is 5.75 Å². The van der Waals surface area contributed by atoms with E-state index in [1.807, 2.05) is 18.2 Å². The van der Waals surface area contributed by atoms with Gasteiger partial charge in [0, 0.05) is 44.7 Å². The van der Waals surface area contributed by atoms with Crippen molar-refractivity contribution >= 4 is 17.5 Å². The van der Waals surface area contributed by atoms with Crippen molar-refractivity contribution < 1.29 is 19.1 Å². The second-order valence-corrected chi connectivity index (χ2v) is 6.37. The molecule has 1 atom stereocenters. The number of benzene rings is 1. The summed E-state index contributed by atoms with van der Waals surface area (Å²) in [5.41, 5.74) is 2.35. The number of anilines is 1. The number of carbonyl (C=O) groups excluding carboxylic acids is 2. The van der Waals surface area contributed by atoms with Crippen LogP contribution < -0.4 is 10.1 Å². The molecule has 1 N–H and O–H groups in total. The van der Waals surface area contributed by atoms with Crippen LogP contribution in [0.15, 0.2) is 42.7 Å². The van der Waals surface area contributed by atoms with Crippen LogP contribution >= 0.6 is 0 Å². The number of pyridine rings is 1. The maximum Gasteiger partial charge on any atom is 0.231 e. The van der Waals surface area contributed by atoms with Crippen molar-refractivity contribution in [1.82, 2.24) is 9.88 Å². The van der Waals surface area contributed by atoms with Gasteiger partial charge in [-0.2, -0.15) is 0 Å². The van der Waals surface area contributed by atoms with Crippen molar-refractivity contribution in [1.29, 1.82) is 0 Å². The van der Waals surface area contributed by atoms with Gasteiger partial charge in [0.05, 0.1) is 19.6 Å². The zero-order valence-corrected chi connectivity index (χ0v) is 15.5. The minimum atomic E-state index is -0.558. The summed E-state index contributed by atoms with van der Waals surface area (Å²) in [6.45, 7) is 1.25. The first kappa shape index (κ1) is 18.8. The SMILES string of the molecule is COCCN(Cc1cccnc1)C(=O)[C@@H]1CC(=O)Nc2ccc(OC)cc21. The van der Waals surface area contributed by atoms with E-state index in [2.05, 4.69) is 10.3 Å². The lowest BCUT2D eigenvalue weighted by atomic mass is 9.89. The Morgan fingerprint density at radius 1 is 1.33 bits per heavy atom. The molecule has 0 spiro atoms. The van der Waals surface area contributed by atoms with Crippen molar-refractivity contribution in [3.05, 3.63) is 53.9 Å². The predicted octanol–water partition coefficient (Wildman–Crippen LogP) is 2.19. The molecule has 2 heterocycles. The second kappa shape index (κ2) is 8.64. The van der Waals surface area contributed by atoms with Crippen LogP contribution in [0.2, 0.25) is 0 Å². The topological polar surface area (TPSA) is 80.8 Å². The fourth-order valence-electron chi connectivity index (χ4n) is 3.19. The molecule has 7 nitrogen and oxygen atoms in total. The zero-order valence-electron chi connectivity index (χ0n) is 15.5. The van der Waals surface area contributed by atoms with Gasteiger partial charge in [0.15, 0.2) is 0 Å². The number of ether oxygens (including phenoxy) is 2. The number of methoxy groups -OCH3 is 2. The van der Waals surface area contributed by atoms with Gasteiger partial charge in [0.2, 0.25) is 11.8 Å². The van der Waals surface area contributed by atoms with Gasteiger partial charge in [-0.15, -0.1) is 0 Å². The van der Waals surface area contributed by atoms with E-state index < -0.39 is 5.92 Å². The normalized spacial score (nSPS) is 15.6. The van der Waals surface area contributed by atoms with Crippen LogP contribution in [0.4, 0.5) is 5.69 Å². The molecule has 0 aliphatic carbocycles. The van der Waals surface area contributed by atoms with Gasteiger partial charge in [-0.05, 0) is 35.4 Å². The molecule has 0 saturated carbocycles. The molecule has 2 aromatic rings. The molecule has 0 bridgehead atoms. The van der Waals surface area contributed by atoms with Gasteiger partial charge >= 0.3 is 0 Å². The molecule has 0 saturated heterocycles. The number of hydrogen-bond donors (Lipinski definition) is 1. The van der Waals surface area contributed by atoms with Crippen LogP contribution in [0.1, 0.15) is 23.5 Å². The molecule has 0 fully saturated rings. The molecule has 2 amide bonds. The number of amides is 2. The first-order valence-corrected chi connectivity index (χ1v) is 8.76. The van der Waals surface area contributed by atoms with E-state index in [4.69, 9.17) is 9.47 Å². The number of aromatic nitrogens is 1. The fraction of sp³-hybridized carbons (Fsp3) is 0.350. The second-order valence-electron chi connectivity index (χ2n) is 6.37. The third-order valence-electron chi connectivity index (χ3n) is 4.57. The van der Waals surface area contributed by atoms with Crippen molar-refractivity contribution in [2.45, 2.75) is 18.9 Å². The highest BCUT2D eigenvalue weighted by molar-refractivity contribution is 6.01. The van der Waals surface area contributed by atoms with Crippen molar-refractivity contribution in [3.63, 3.8) is 0 Å². The number of rotatable bonds is 7. The maximum atomic E-state index is 13.3. The highest BCUT2D eigenvalue weighted by atomic mass is 16.5. The Labute approximate surface area is 158 Å². The van der Waals surface area contributed by atoms with Gasteiger partial charge in [-0.1, -0.05) is 6.07 Å². The minimum absolute atomic E-state index is 0.107. The van der Waals surface area contributed by atoms with E-state index in [1.165, 1.54) is 0 Å². The average Bonchev–Trinajstić information content (AvgIpc) is 2.70. The summed E-state index contributed by atoms with van der Waals surface area (Å²) < 4.78 is 10.5. The largest absolute Gasteiger partial charge is 0.497 e. The van der Waals surface area contributed by atoms with Crippen LogP contribution in [-0.2, 0) is 20.9 Å². The van der Waals surface area contributed by atoms with Crippen LogP contribution in [0, 0.1) is 0 Å². The third-order valence-corrected chi connectivity index (χ3v) is 4.57. The summed E-state index contributed by atoms with van der Waals surface area (Å²) in [5, 5.41) is 2.83. The average molecular weight is 369 g/mol. The molecule has 1 aromatic carbocycles. The highest BCUT2D eigenvalue weighted by Gasteiger charge is 2.33. The lowest BCUT2D eigenvalue weighted by molar-refractivity contribution is -0.136. The summed E-state index contributed by atoms with van der Waals surface area (Å²) in [4.78, 5) is 31.3. The number of fused-ring (bicyclic) bond motifs is 1. The highest BCUT2D eigenvalue weighted by Crippen LogP contribution is 2.36. The smallest absolute Gasteiger partial charge is 0.231 e. The molecular weight excluding hydrogens is 346 g/mol. The minimum Gasteiger partial charge on any atom is -0.497 e. The number of hydrogen-bond acceptors (Lipinski definition) is 5. The Morgan fingerprint density at radius 2 is 2.19 bits per heavy atom. The molecule has 1 aromatic heterocycles. The molecule has 142 valence electrons. The van der Waals surface area contributed by atoms with Crippen LogP contribution in [-0.4, -0.2) is 49.1 Å². The maximum absolute atomic E-state index is 13.3. The molecule has 3 rings (SSSR count). The van der Waals surface area contributed by atoms with Crippen LogP contribution in [0.5, 0.6) is 5.75 Å². The zero-order chi connectivity index (χ0) is 19.2. The summed E-state index contributed by atoms with van der Waals surface area (Å²) in [6.07, 6.45) is 3.53. The number of carbonyl (C=O) groups is 2. The van der Waals surface area contributed by atoms with E-state index in [-0.39, 0.29) is 18.2 Å². The Bertz CT molecular complexity index is 810. The molecule has 27 heavy (non-hydrogen) atoms. The van der Waals surface area contributed by atoms with E-state index >= 15 is 0 Å². The Kier molecular flexibility index (Phi) is 6.03. The first-order valence-electron chi connectivity index (χ1n) is 8.76. The fourth-order valence-corrected chi connectivity index (χ4v) is 3.19. The van der Waals surface area contributed by atoms with Gasteiger partial charge in [-0.3, -0.25) is 14.6 Å².